The van der Waals surface area contributed by atoms with Gasteiger partial charge in [-0.3, -0.25) is 0 Å². The van der Waals surface area contributed by atoms with Gasteiger partial charge in [-0.2, -0.15) is 0 Å². The standard InChI is InChI=1S/C16H16N2O2S2/c19-10-12(20)9-17-11-5-7-13(8-6-11)21-16-18-14-3-1-2-4-15(14)22-16/h1-8,12,17,19-20H,9-10H2. The first-order chi connectivity index (χ1) is 10.7. The molecule has 3 N–H and O–H groups in total. The first-order valence-corrected chi connectivity index (χ1v) is 8.54. The van der Waals surface area contributed by atoms with Crippen LogP contribution in [-0.4, -0.2) is 34.5 Å². The Labute approximate surface area is 136 Å². The fraction of sp³-hybridized carbons (Fsp3) is 0.188. The molecule has 1 unspecified atom stereocenters. The maximum atomic E-state index is 9.31. The third-order valence-electron chi connectivity index (χ3n) is 3.09. The molecule has 1 atom stereocenters. The molecule has 0 aliphatic carbocycles. The zero-order valence-corrected chi connectivity index (χ0v) is 13.4. The molecule has 0 bridgehead atoms. The molecule has 3 rings (SSSR count). The van der Waals surface area contributed by atoms with Gasteiger partial charge in [0.1, 0.15) is 0 Å². The quantitative estimate of drug-likeness (QED) is 0.647. The average molecular weight is 332 g/mol. The molecule has 0 saturated heterocycles. The molecule has 4 nitrogen and oxygen atoms in total. The predicted molar refractivity (Wildman–Crippen MR) is 91.8 cm³/mol. The third-order valence-corrected chi connectivity index (χ3v) is 5.19. The van der Waals surface area contributed by atoms with Crippen molar-refractivity contribution >= 4 is 39.0 Å². The number of benzene rings is 2. The van der Waals surface area contributed by atoms with Crippen molar-refractivity contribution in [2.24, 2.45) is 0 Å². The summed E-state index contributed by atoms with van der Waals surface area (Å²) in [4.78, 5) is 5.72. The zero-order chi connectivity index (χ0) is 15.4. The van der Waals surface area contributed by atoms with Crippen LogP contribution in [0.3, 0.4) is 0 Å². The topological polar surface area (TPSA) is 65.4 Å². The maximum absolute atomic E-state index is 9.31. The lowest BCUT2D eigenvalue weighted by Gasteiger charge is -2.10. The molecule has 0 radical (unpaired) electrons. The second-order valence-electron chi connectivity index (χ2n) is 4.79. The fourth-order valence-corrected chi connectivity index (χ4v) is 3.98. The second kappa shape index (κ2) is 7.11. The zero-order valence-electron chi connectivity index (χ0n) is 11.8. The number of fused-ring (bicyclic) bond motifs is 1. The van der Waals surface area contributed by atoms with E-state index < -0.39 is 6.10 Å². The van der Waals surface area contributed by atoms with E-state index in [0.29, 0.717) is 6.54 Å². The number of para-hydroxylation sites is 1. The van der Waals surface area contributed by atoms with Crippen molar-refractivity contribution in [3.63, 3.8) is 0 Å². The van der Waals surface area contributed by atoms with Crippen LogP contribution in [0.25, 0.3) is 10.2 Å². The summed E-state index contributed by atoms with van der Waals surface area (Å²) in [7, 11) is 0. The highest BCUT2D eigenvalue weighted by Gasteiger charge is 2.06. The van der Waals surface area contributed by atoms with Crippen LogP contribution < -0.4 is 5.32 Å². The molecule has 0 spiro atoms. The van der Waals surface area contributed by atoms with Crippen LogP contribution in [0.15, 0.2) is 57.8 Å². The second-order valence-corrected chi connectivity index (χ2v) is 7.14. The van der Waals surface area contributed by atoms with Crippen molar-refractivity contribution in [3.8, 4) is 0 Å². The van der Waals surface area contributed by atoms with Gasteiger partial charge in [0.15, 0.2) is 4.34 Å². The molecule has 0 aliphatic heterocycles. The van der Waals surface area contributed by atoms with Crippen LogP contribution in [-0.2, 0) is 0 Å². The minimum Gasteiger partial charge on any atom is -0.394 e. The van der Waals surface area contributed by atoms with Crippen molar-refractivity contribution in [2.45, 2.75) is 15.3 Å². The number of aromatic nitrogens is 1. The molecule has 3 aromatic rings. The lowest BCUT2D eigenvalue weighted by molar-refractivity contribution is 0.105. The van der Waals surface area contributed by atoms with E-state index in [-0.39, 0.29) is 6.61 Å². The summed E-state index contributed by atoms with van der Waals surface area (Å²) >= 11 is 3.33. The maximum Gasteiger partial charge on any atom is 0.155 e. The SMILES string of the molecule is OCC(O)CNc1ccc(Sc2nc3ccccc3s2)cc1. The molecule has 1 heterocycles. The van der Waals surface area contributed by atoms with E-state index in [0.717, 1.165) is 20.4 Å². The highest BCUT2D eigenvalue weighted by atomic mass is 32.2. The van der Waals surface area contributed by atoms with Crippen LogP contribution in [0.4, 0.5) is 5.69 Å². The van der Waals surface area contributed by atoms with Crippen molar-refractivity contribution in [2.75, 3.05) is 18.5 Å². The number of rotatable bonds is 6. The Morgan fingerprint density at radius 2 is 1.91 bits per heavy atom. The predicted octanol–water partition coefficient (Wildman–Crippen LogP) is 3.21. The largest absolute Gasteiger partial charge is 0.394 e. The number of hydrogen-bond acceptors (Lipinski definition) is 6. The summed E-state index contributed by atoms with van der Waals surface area (Å²) in [5, 5.41) is 21.2. The summed E-state index contributed by atoms with van der Waals surface area (Å²) in [5.41, 5.74) is 1.95. The number of thiazole rings is 1. The molecule has 2 aromatic carbocycles. The average Bonchev–Trinajstić information content (AvgIpc) is 2.96. The Kier molecular flexibility index (Phi) is 4.94. The first-order valence-electron chi connectivity index (χ1n) is 6.91. The van der Waals surface area contributed by atoms with Crippen molar-refractivity contribution in [3.05, 3.63) is 48.5 Å². The fourth-order valence-electron chi connectivity index (χ4n) is 1.94. The van der Waals surface area contributed by atoms with Crippen LogP contribution in [0.1, 0.15) is 0 Å². The molecule has 0 saturated carbocycles. The highest BCUT2D eigenvalue weighted by molar-refractivity contribution is 8.01. The molecule has 1 aromatic heterocycles. The minimum atomic E-state index is -0.739. The summed E-state index contributed by atoms with van der Waals surface area (Å²) < 4.78 is 2.22. The van der Waals surface area contributed by atoms with Gasteiger partial charge >= 0.3 is 0 Å². The summed E-state index contributed by atoms with van der Waals surface area (Å²) in [6.45, 7) is 0.0966. The van der Waals surface area contributed by atoms with E-state index in [1.807, 2.05) is 42.5 Å². The Hall–Kier alpha value is -1.60. The monoisotopic (exact) mass is 332 g/mol. The molecule has 114 valence electrons. The Morgan fingerprint density at radius 3 is 2.64 bits per heavy atom. The lowest BCUT2D eigenvalue weighted by atomic mass is 10.3. The number of hydrogen-bond donors (Lipinski definition) is 3. The Balaban J connectivity index is 1.65. The van der Waals surface area contributed by atoms with Crippen LogP contribution in [0, 0.1) is 0 Å². The van der Waals surface area contributed by atoms with E-state index in [9.17, 15) is 5.11 Å². The van der Waals surface area contributed by atoms with Gasteiger partial charge in [0, 0.05) is 17.1 Å². The number of nitrogens with one attached hydrogen (secondary N) is 1. The number of aliphatic hydroxyl groups excluding tert-OH is 2. The van der Waals surface area contributed by atoms with Crippen molar-refractivity contribution < 1.29 is 10.2 Å². The van der Waals surface area contributed by atoms with E-state index in [2.05, 4.69) is 16.4 Å². The number of aliphatic hydroxyl groups is 2. The number of anilines is 1. The van der Waals surface area contributed by atoms with E-state index >= 15 is 0 Å². The molecule has 0 amide bonds. The van der Waals surface area contributed by atoms with Gasteiger partial charge in [0.05, 0.1) is 22.9 Å². The molecular formula is C16H16N2O2S2. The van der Waals surface area contributed by atoms with Gasteiger partial charge < -0.3 is 15.5 Å². The molecule has 22 heavy (non-hydrogen) atoms. The first kappa shape index (κ1) is 15.3. The van der Waals surface area contributed by atoms with Gasteiger partial charge in [0.2, 0.25) is 0 Å². The normalized spacial score (nSPS) is 12.5. The Bertz CT molecular complexity index is 710. The van der Waals surface area contributed by atoms with Crippen LogP contribution in [0.5, 0.6) is 0 Å². The molecular weight excluding hydrogens is 316 g/mol. The van der Waals surface area contributed by atoms with Gasteiger partial charge in [-0.15, -0.1) is 11.3 Å². The van der Waals surface area contributed by atoms with E-state index in [4.69, 9.17) is 5.11 Å². The Morgan fingerprint density at radius 1 is 1.14 bits per heavy atom. The molecule has 0 aliphatic rings. The van der Waals surface area contributed by atoms with Crippen molar-refractivity contribution in [1.82, 2.24) is 4.98 Å². The lowest BCUT2D eigenvalue weighted by Crippen LogP contribution is -2.22. The number of nitrogens with zero attached hydrogens (tertiary/aromatic N) is 1. The highest BCUT2D eigenvalue weighted by Crippen LogP contribution is 2.34. The van der Waals surface area contributed by atoms with Gasteiger partial charge in [-0.25, -0.2) is 4.98 Å². The van der Waals surface area contributed by atoms with E-state index in [1.165, 1.54) is 4.70 Å². The molecule has 6 heteroatoms. The van der Waals surface area contributed by atoms with Gasteiger partial charge in [-0.05, 0) is 36.4 Å². The minimum absolute atomic E-state index is 0.238. The smallest absolute Gasteiger partial charge is 0.155 e. The molecule has 0 fully saturated rings. The van der Waals surface area contributed by atoms with E-state index in [1.54, 1.807) is 23.1 Å². The van der Waals surface area contributed by atoms with Gasteiger partial charge in [-0.1, -0.05) is 23.9 Å². The van der Waals surface area contributed by atoms with Crippen LogP contribution >= 0.6 is 23.1 Å². The summed E-state index contributed by atoms with van der Waals surface area (Å²) in [6, 6.07) is 16.1. The van der Waals surface area contributed by atoms with Gasteiger partial charge in [0.25, 0.3) is 0 Å². The summed E-state index contributed by atoms with van der Waals surface area (Å²) in [5.74, 6) is 0. The van der Waals surface area contributed by atoms with Crippen molar-refractivity contribution in [1.29, 1.82) is 0 Å². The third kappa shape index (κ3) is 3.78. The summed E-state index contributed by atoms with van der Waals surface area (Å²) in [6.07, 6.45) is -0.739. The van der Waals surface area contributed by atoms with Crippen LogP contribution in [0.2, 0.25) is 0 Å².